The molecule has 1 saturated heterocycles. The molecular weight excluding hydrogens is 322 g/mol. The fourth-order valence-corrected chi connectivity index (χ4v) is 2.92. The maximum absolute atomic E-state index is 12.7. The fourth-order valence-electron chi connectivity index (χ4n) is 2.92. The van der Waals surface area contributed by atoms with Crippen LogP contribution in [0, 0.1) is 0 Å². The fraction of sp³-hybridized carbons (Fsp3) is 0.471. The van der Waals surface area contributed by atoms with Crippen LogP contribution in [-0.2, 0) is 17.8 Å². The second-order valence-corrected chi connectivity index (χ2v) is 6.04. The SMILES string of the molecule is CCc1cc(C(=O)N2CCC[C@@H]2c2cncc(CNC(C)=O)n2)on1. The molecule has 1 aliphatic heterocycles. The molecular formula is C17H21N5O3. The van der Waals surface area contributed by atoms with E-state index in [2.05, 4.69) is 20.4 Å². The molecule has 0 unspecified atom stereocenters. The van der Waals surface area contributed by atoms with Crippen LogP contribution >= 0.6 is 0 Å². The van der Waals surface area contributed by atoms with Gasteiger partial charge in [-0.05, 0) is 19.3 Å². The molecule has 25 heavy (non-hydrogen) atoms. The van der Waals surface area contributed by atoms with Crippen LogP contribution in [0.15, 0.2) is 23.0 Å². The standard InChI is InChI=1S/C17H21N5O3/c1-3-12-7-16(25-21-12)17(24)22-6-4-5-15(22)14-10-18-8-13(20-14)9-19-11(2)23/h7-8,10,15H,3-6,9H2,1-2H3,(H,19,23)/t15-/m1/s1. The van der Waals surface area contributed by atoms with Gasteiger partial charge in [-0.15, -0.1) is 0 Å². The van der Waals surface area contributed by atoms with Gasteiger partial charge in [0.2, 0.25) is 11.7 Å². The van der Waals surface area contributed by atoms with E-state index in [0.29, 0.717) is 18.8 Å². The normalized spacial score (nSPS) is 16.9. The summed E-state index contributed by atoms with van der Waals surface area (Å²) in [5, 5.41) is 6.59. The van der Waals surface area contributed by atoms with Crippen LogP contribution in [0.4, 0.5) is 0 Å². The third kappa shape index (κ3) is 3.84. The average Bonchev–Trinajstić information content (AvgIpc) is 3.28. The Bertz CT molecular complexity index is 773. The summed E-state index contributed by atoms with van der Waals surface area (Å²) in [6.07, 6.45) is 5.72. The van der Waals surface area contributed by atoms with Crippen molar-refractivity contribution in [2.75, 3.05) is 6.54 Å². The highest BCUT2D eigenvalue weighted by Gasteiger charge is 2.33. The predicted molar refractivity (Wildman–Crippen MR) is 88.4 cm³/mol. The van der Waals surface area contributed by atoms with E-state index < -0.39 is 0 Å². The number of likely N-dealkylation sites (tertiary alicyclic amines) is 1. The monoisotopic (exact) mass is 343 g/mol. The Morgan fingerprint density at radius 1 is 1.36 bits per heavy atom. The molecule has 0 aromatic carbocycles. The molecule has 3 rings (SSSR count). The number of nitrogens with zero attached hydrogens (tertiary/aromatic N) is 4. The number of aromatic nitrogens is 3. The molecule has 1 fully saturated rings. The van der Waals surface area contributed by atoms with E-state index in [4.69, 9.17) is 4.52 Å². The first-order chi connectivity index (χ1) is 12.1. The van der Waals surface area contributed by atoms with E-state index in [9.17, 15) is 9.59 Å². The van der Waals surface area contributed by atoms with Gasteiger partial charge in [0.15, 0.2) is 0 Å². The van der Waals surface area contributed by atoms with Crippen LogP contribution in [0.3, 0.4) is 0 Å². The second kappa shape index (κ2) is 7.42. The molecule has 1 atom stereocenters. The summed E-state index contributed by atoms with van der Waals surface area (Å²) >= 11 is 0. The molecule has 8 nitrogen and oxygen atoms in total. The zero-order chi connectivity index (χ0) is 17.8. The minimum atomic E-state index is -0.177. The Morgan fingerprint density at radius 2 is 2.20 bits per heavy atom. The van der Waals surface area contributed by atoms with Crippen molar-refractivity contribution in [1.82, 2.24) is 25.3 Å². The van der Waals surface area contributed by atoms with E-state index >= 15 is 0 Å². The van der Waals surface area contributed by atoms with Crippen molar-refractivity contribution in [2.45, 2.75) is 45.7 Å². The van der Waals surface area contributed by atoms with Crippen LogP contribution in [0.2, 0.25) is 0 Å². The van der Waals surface area contributed by atoms with Crippen molar-refractivity contribution in [3.8, 4) is 0 Å². The summed E-state index contributed by atoms with van der Waals surface area (Å²) < 4.78 is 5.18. The van der Waals surface area contributed by atoms with Crippen molar-refractivity contribution in [3.63, 3.8) is 0 Å². The van der Waals surface area contributed by atoms with E-state index in [1.54, 1.807) is 23.4 Å². The minimum Gasteiger partial charge on any atom is -0.351 e. The van der Waals surface area contributed by atoms with Crippen molar-refractivity contribution >= 4 is 11.8 Å². The third-order valence-corrected chi connectivity index (χ3v) is 4.21. The molecule has 0 bridgehead atoms. The molecule has 0 spiro atoms. The summed E-state index contributed by atoms with van der Waals surface area (Å²) in [5.74, 6) is -0.0446. The lowest BCUT2D eigenvalue weighted by atomic mass is 10.1. The molecule has 1 N–H and O–H groups in total. The maximum Gasteiger partial charge on any atom is 0.293 e. The lowest BCUT2D eigenvalue weighted by molar-refractivity contribution is -0.119. The number of nitrogens with one attached hydrogen (secondary N) is 1. The molecule has 0 aliphatic carbocycles. The summed E-state index contributed by atoms with van der Waals surface area (Å²) in [7, 11) is 0. The minimum absolute atomic E-state index is 0.123. The number of hydrogen-bond acceptors (Lipinski definition) is 6. The van der Waals surface area contributed by atoms with Crippen molar-refractivity contribution in [1.29, 1.82) is 0 Å². The maximum atomic E-state index is 12.7. The Labute approximate surface area is 145 Å². The van der Waals surface area contributed by atoms with Gasteiger partial charge in [0, 0.05) is 19.5 Å². The summed E-state index contributed by atoms with van der Waals surface area (Å²) in [5.41, 5.74) is 2.15. The number of carbonyl (C=O) groups excluding carboxylic acids is 2. The highest BCUT2D eigenvalue weighted by atomic mass is 16.5. The van der Waals surface area contributed by atoms with Gasteiger partial charge >= 0.3 is 0 Å². The Hall–Kier alpha value is -2.77. The van der Waals surface area contributed by atoms with Gasteiger partial charge in [-0.25, -0.2) is 0 Å². The third-order valence-electron chi connectivity index (χ3n) is 4.21. The number of carbonyl (C=O) groups is 2. The van der Waals surface area contributed by atoms with Gasteiger partial charge in [-0.2, -0.15) is 0 Å². The van der Waals surface area contributed by atoms with Gasteiger partial charge in [0.1, 0.15) is 0 Å². The zero-order valence-electron chi connectivity index (χ0n) is 14.4. The van der Waals surface area contributed by atoms with Crippen LogP contribution in [0.1, 0.15) is 60.4 Å². The van der Waals surface area contributed by atoms with Crippen molar-refractivity contribution < 1.29 is 14.1 Å². The lowest BCUT2D eigenvalue weighted by Crippen LogP contribution is -2.31. The molecule has 1 aliphatic rings. The Balaban J connectivity index is 1.78. The summed E-state index contributed by atoms with van der Waals surface area (Å²) in [6, 6.07) is 1.55. The first kappa shape index (κ1) is 17.1. The van der Waals surface area contributed by atoms with E-state index in [1.165, 1.54) is 6.92 Å². The van der Waals surface area contributed by atoms with E-state index in [1.807, 2.05) is 6.92 Å². The molecule has 2 aromatic rings. The highest BCUT2D eigenvalue weighted by Crippen LogP contribution is 2.32. The van der Waals surface area contributed by atoms with Gasteiger partial charge in [-0.1, -0.05) is 12.1 Å². The van der Waals surface area contributed by atoms with Gasteiger partial charge < -0.3 is 14.7 Å². The average molecular weight is 343 g/mol. The topological polar surface area (TPSA) is 101 Å². The van der Waals surface area contributed by atoms with Crippen LogP contribution < -0.4 is 5.32 Å². The number of hydrogen-bond donors (Lipinski definition) is 1. The predicted octanol–water partition coefficient (Wildman–Crippen LogP) is 1.64. The summed E-state index contributed by atoms with van der Waals surface area (Å²) in [6.45, 7) is 4.37. The quantitative estimate of drug-likeness (QED) is 0.885. The van der Waals surface area contributed by atoms with Gasteiger partial charge in [-0.3, -0.25) is 19.6 Å². The molecule has 132 valence electrons. The van der Waals surface area contributed by atoms with Crippen molar-refractivity contribution in [3.05, 3.63) is 41.3 Å². The van der Waals surface area contributed by atoms with E-state index in [0.717, 1.165) is 30.7 Å². The molecule has 8 heteroatoms. The first-order valence-electron chi connectivity index (χ1n) is 8.40. The smallest absolute Gasteiger partial charge is 0.293 e. The molecule has 0 radical (unpaired) electrons. The second-order valence-electron chi connectivity index (χ2n) is 6.04. The van der Waals surface area contributed by atoms with Crippen molar-refractivity contribution in [2.24, 2.45) is 0 Å². The zero-order valence-corrected chi connectivity index (χ0v) is 14.4. The number of amides is 2. The van der Waals surface area contributed by atoms with Crippen LogP contribution in [-0.4, -0.2) is 38.4 Å². The van der Waals surface area contributed by atoms with E-state index in [-0.39, 0.29) is 23.6 Å². The molecule has 0 saturated carbocycles. The van der Waals surface area contributed by atoms with Crippen LogP contribution in [0.25, 0.3) is 0 Å². The molecule has 3 heterocycles. The first-order valence-corrected chi connectivity index (χ1v) is 8.40. The molecule has 2 aromatic heterocycles. The highest BCUT2D eigenvalue weighted by molar-refractivity contribution is 5.92. The number of aryl methyl sites for hydroxylation is 1. The molecule has 2 amide bonds. The number of rotatable bonds is 5. The summed E-state index contributed by atoms with van der Waals surface area (Å²) in [4.78, 5) is 34.3. The Kier molecular flexibility index (Phi) is 5.06. The lowest BCUT2D eigenvalue weighted by Gasteiger charge is -2.23. The van der Waals surface area contributed by atoms with Gasteiger partial charge in [0.05, 0.1) is 42.1 Å². The van der Waals surface area contributed by atoms with Crippen LogP contribution in [0.5, 0.6) is 0 Å². The van der Waals surface area contributed by atoms with Gasteiger partial charge in [0.25, 0.3) is 5.91 Å². The largest absolute Gasteiger partial charge is 0.351 e. The Morgan fingerprint density at radius 3 is 2.92 bits per heavy atom.